The van der Waals surface area contributed by atoms with Crippen LogP contribution in [0.1, 0.15) is 5.82 Å². The van der Waals surface area contributed by atoms with Gasteiger partial charge in [0.15, 0.2) is 11.5 Å². The molecule has 0 amide bonds. The molecule has 9 heteroatoms. The molecular formula is C15H9Cl2N5O2. The molecule has 120 valence electrons. The van der Waals surface area contributed by atoms with Crippen LogP contribution in [-0.4, -0.2) is 24.7 Å². The average molecular weight is 362 g/mol. The molecule has 1 aromatic carbocycles. The summed E-state index contributed by atoms with van der Waals surface area (Å²) >= 11 is 12.0. The zero-order valence-electron chi connectivity index (χ0n) is 12.2. The number of hydrogen-bond acceptors (Lipinski definition) is 5. The first-order valence-electron chi connectivity index (χ1n) is 6.90. The number of halogens is 2. The molecule has 4 aromatic rings. The normalized spacial score (nSPS) is 11.3. The van der Waals surface area contributed by atoms with Gasteiger partial charge in [-0.25, -0.2) is 9.50 Å². The third-order valence-electron chi connectivity index (χ3n) is 3.47. The molecule has 3 heterocycles. The summed E-state index contributed by atoms with van der Waals surface area (Å²) in [6.07, 6.45) is 1.59. The van der Waals surface area contributed by atoms with Gasteiger partial charge in [-0.3, -0.25) is 9.89 Å². The van der Waals surface area contributed by atoms with Crippen LogP contribution >= 0.6 is 23.2 Å². The SMILES string of the molecule is Cc1noc(-c2c[nH]n3c(=O)cc(-c4ccc(Cl)c(Cl)c4)nc23)n1. The predicted octanol–water partition coefficient (Wildman–Crippen LogP) is 3.35. The second-order valence-corrected chi connectivity index (χ2v) is 5.92. The third kappa shape index (κ3) is 2.38. The van der Waals surface area contributed by atoms with Crippen molar-refractivity contribution in [1.82, 2.24) is 24.7 Å². The predicted molar refractivity (Wildman–Crippen MR) is 89.3 cm³/mol. The second-order valence-electron chi connectivity index (χ2n) is 5.10. The van der Waals surface area contributed by atoms with Crippen molar-refractivity contribution in [1.29, 1.82) is 0 Å². The summed E-state index contributed by atoms with van der Waals surface area (Å²) in [5.74, 6) is 0.775. The Bertz CT molecular complexity index is 1130. The van der Waals surface area contributed by atoms with E-state index in [1.807, 2.05) is 0 Å². The summed E-state index contributed by atoms with van der Waals surface area (Å²) in [6.45, 7) is 1.71. The Labute approximate surface area is 144 Å². The summed E-state index contributed by atoms with van der Waals surface area (Å²) in [5.41, 5.74) is 1.79. The molecule has 0 bridgehead atoms. The minimum absolute atomic E-state index is 0.274. The van der Waals surface area contributed by atoms with Crippen LogP contribution < -0.4 is 5.56 Å². The van der Waals surface area contributed by atoms with Crippen LogP contribution in [0.2, 0.25) is 10.0 Å². The zero-order valence-corrected chi connectivity index (χ0v) is 13.8. The lowest BCUT2D eigenvalue weighted by Gasteiger charge is -2.03. The Morgan fingerprint density at radius 2 is 2.00 bits per heavy atom. The highest BCUT2D eigenvalue weighted by Crippen LogP contribution is 2.28. The van der Waals surface area contributed by atoms with Crippen LogP contribution in [0.15, 0.2) is 39.8 Å². The molecule has 0 spiro atoms. The molecule has 1 N–H and O–H groups in total. The molecular weight excluding hydrogens is 353 g/mol. The van der Waals surface area contributed by atoms with Crippen LogP contribution in [0, 0.1) is 6.92 Å². The van der Waals surface area contributed by atoms with E-state index in [9.17, 15) is 4.79 Å². The van der Waals surface area contributed by atoms with E-state index in [1.165, 1.54) is 10.6 Å². The Morgan fingerprint density at radius 1 is 1.17 bits per heavy atom. The van der Waals surface area contributed by atoms with Crippen molar-refractivity contribution in [3.63, 3.8) is 0 Å². The van der Waals surface area contributed by atoms with Crippen molar-refractivity contribution in [3.8, 4) is 22.7 Å². The van der Waals surface area contributed by atoms with Gasteiger partial charge in [-0.05, 0) is 19.1 Å². The van der Waals surface area contributed by atoms with Crippen LogP contribution in [0.3, 0.4) is 0 Å². The lowest BCUT2D eigenvalue weighted by atomic mass is 10.1. The maximum Gasteiger partial charge on any atom is 0.273 e. The van der Waals surface area contributed by atoms with Gasteiger partial charge in [0.1, 0.15) is 5.56 Å². The number of hydrogen-bond donors (Lipinski definition) is 1. The fourth-order valence-electron chi connectivity index (χ4n) is 2.35. The molecule has 0 aliphatic heterocycles. The van der Waals surface area contributed by atoms with Gasteiger partial charge >= 0.3 is 0 Å². The number of aryl methyl sites for hydroxylation is 1. The van der Waals surface area contributed by atoms with Gasteiger partial charge in [0, 0.05) is 17.8 Å². The molecule has 3 aromatic heterocycles. The average Bonchev–Trinajstić information content (AvgIpc) is 3.16. The van der Waals surface area contributed by atoms with Gasteiger partial charge in [0.25, 0.3) is 11.4 Å². The van der Waals surface area contributed by atoms with E-state index in [4.69, 9.17) is 27.7 Å². The lowest BCUT2D eigenvalue weighted by molar-refractivity contribution is 0.426. The number of nitrogens with zero attached hydrogens (tertiary/aromatic N) is 4. The first-order valence-corrected chi connectivity index (χ1v) is 7.66. The van der Waals surface area contributed by atoms with Crippen LogP contribution in [0.25, 0.3) is 28.4 Å². The molecule has 24 heavy (non-hydrogen) atoms. The van der Waals surface area contributed by atoms with Crippen LogP contribution in [-0.2, 0) is 0 Å². The number of nitrogens with one attached hydrogen (secondary N) is 1. The number of rotatable bonds is 2. The molecule has 0 saturated carbocycles. The monoisotopic (exact) mass is 361 g/mol. The Balaban J connectivity index is 1.95. The van der Waals surface area contributed by atoms with E-state index < -0.39 is 0 Å². The number of H-pyrrole nitrogens is 1. The first kappa shape index (κ1) is 14.9. The summed E-state index contributed by atoms with van der Waals surface area (Å²) in [4.78, 5) is 21.0. The highest BCUT2D eigenvalue weighted by Gasteiger charge is 2.16. The summed E-state index contributed by atoms with van der Waals surface area (Å²) in [5, 5.41) is 7.41. The van der Waals surface area contributed by atoms with Gasteiger partial charge in [-0.2, -0.15) is 4.98 Å². The van der Waals surface area contributed by atoms with Crippen molar-refractivity contribution >= 4 is 28.8 Å². The number of fused-ring (bicyclic) bond motifs is 1. The minimum Gasteiger partial charge on any atom is -0.334 e. The van der Waals surface area contributed by atoms with Gasteiger partial charge in [0.05, 0.1) is 15.7 Å². The molecule has 0 saturated heterocycles. The van der Waals surface area contributed by atoms with E-state index in [1.54, 1.807) is 31.3 Å². The van der Waals surface area contributed by atoms with Crippen LogP contribution in [0.5, 0.6) is 0 Å². The van der Waals surface area contributed by atoms with E-state index in [2.05, 4.69) is 20.2 Å². The van der Waals surface area contributed by atoms with E-state index in [0.717, 1.165) is 0 Å². The zero-order chi connectivity index (χ0) is 16.8. The van der Waals surface area contributed by atoms with E-state index >= 15 is 0 Å². The second kappa shape index (κ2) is 5.47. The quantitative estimate of drug-likeness (QED) is 0.591. The Hall–Kier alpha value is -2.64. The standard InChI is InChI=1S/C15H9Cl2N5O2/c1-7-19-15(24-21-7)9-6-18-22-13(23)5-12(20-14(9)22)8-2-3-10(16)11(17)4-8/h2-6,18H,1H3. The van der Waals surface area contributed by atoms with Crippen molar-refractivity contribution in [2.24, 2.45) is 0 Å². The van der Waals surface area contributed by atoms with Gasteiger partial charge < -0.3 is 4.52 Å². The molecule has 0 atom stereocenters. The third-order valence-corrected chi connectivity index (χ3v) is 4.21. The van der Waals surface area contributed by atoms with Gasteiger partial charge in [-0.1, -0.05) is 34.4 Å². The van der Waals surface area contributed by atoms with E-state index in [-0.39, 0.29) is 11.4 Å². The highest BCUT2D eigenvalue weighted by atomic mass is 35.5. The topological polar surface area (TPSA) is 89.1 Å². The van der Waals surface area contributed by atoms with Crippen molar-refractivity contribution in [2.45, 2.75) is 6.92 Å². The van der Waals surface area contributed by atoms with Gasteiger partial charge in [0.2, 0.25) is 0 Å². The van der Waals surface area contributed by atoms with Crippen molar-refractivity contribution in [2.75, 3.05) is 0 Å². The smallest absolute Gasteiger partial charge is 0.273 e. The number of benzene rings is 1. The Kier molecular flexibility index (Phi) is 3.40. The molecule has 7 nitrogen and oxygen atoms in total. The summed E-state index contributed by atoms with van der Waals surface area (Å²) in [7, 11) is 0. The number of aromatic nitrogens is 5. The summed E-state index contributed by atoms with van der Waals surface area (Å²) < 4.78 is 6.46. The maximum absolute atomic E-state index is 12.3. The maximum atomic E-state index is 12.3. The first-order chi connectivity index (χ1) is 11.5. The fraction of sp³-hybridized carbons (Fsp3) is 0.0667. The minimum atomic E-state index is -0.274. The van der Waals surface area contributed by atoms with Gasteiger partial charge in [-0.15, -0.1) is 0 Å². The van der Waals surface area contributed by atoms with Crippen molar-refractivity contribution < 1.29 is 4.52 Å². The molecule has 0 aliphatic rings. The fourth-order valence-corrected chi connectivity index (χ4v) is 2.65. The van der Waals surface area contributed by atoms with Crippen molar-refractivity contribution in [3.05, 3.63) is 56.7 Å². The van der Waals surface area contributed by atoms with E-state index in [0.29, 0.717) is 38.3 Å². The molecule has 0 fully saturated rings. The van der Waals surface area contributed by atoms with Crippen LogP contribution in [0.4, 0.5) is 0 Å². The molecule has 4 rings (SSSR count). The molecule has 0 unspecified atom stereocenters. The largest absolute Gasteiger partial charge is 0.334 e. The Morgan fingerprint density at radius 3 is 2.71 bits per heavy atom. The lowest BCUT2D eigenvalue weighted by Crippen LogP contribution is -2.14. The molecule has 0 radical (unpaired) electrons. The highest BCUT2D eigenvalue weighted by molar-refractivity contribution is 6.42. The molecule has 0 aliphatic carbocycles. The number of aromatic amines is 1. The summed E-state index contributed by atoms with van der Waals surface area (Å²) in [6, 6.07) is 6.47.